The number of alkyl halides is 3. The predicted molar refractivity (Wildman–Crippen MR) is 47.2 cm³/mol. The molecule has 1 aromatic rings. The highest BCUT2D eigenvalue weighted by Gasteiger charge is 2.40. The number of aliphatic hydroxyl groups excluding tert-OH is 1. The van der Waals surface area contributed by atoms with Crippen molar-refractivity contribution in [2.75, 3.05) is 0 Å². The lowest BCUT2D eigenvalue weighted by molar-refractivity contribution is -0.206. The number of benzene rings is 1. The van der Waals surface area contributed by atoms with E-state index in [1.807, 2.05) is 0 Å². The highest BCUT2D eigenvalue weighted by molar-refractivity contribution is 6.30. The number of hydrogen-bond donors (Lipinski definition) is 1. The van der Waals surface area contributed by atoms with Crippen LogP contribution >= 0.6 is 11.6 Å². The molecule has 78 valence electrons. The third-order valence-corrected chi connectivity index (χ3v) is 2.08. The Hall–Kier alpha value is -0.740. The Morgan fingerprint density at radius 3 is 2.43 bits per heavy atom. The van der Waals surface area contributed by atoms with E-state index in [1.54, 1.807) is 0 Å². The molecule has 0 fully saturated rings. The van der Waals surface area contributed by atoms with Gasteiger partial charge in [-0.3, -0.25) is 0 Å². The third-order valence-electron chi connectivity index (χ3n) is 1.85. The molecule has 0 aliphatic rings. The predicted octanol–water partition coefficient (Wildman–Crippen LogP) is 3.24. The fourth-order valence-corrected chi connectivity index (χ4v) is 1.26. The molecule has 1 aromatic carbocycles. The molecule has 0 bridgehead atoms. The molecule has 1 rings (SSSR count). The number of aryl methyl sites for hydroxylation is 1. The van der Waals surface area contributed by atoms with Crippen molar-refractivity contribution in [3.8, 4) is 0 Å². The van der Waals surface area contributed by atoms with Gasteiger partial charge in [0.25, 0.3) is 0 Å². The first kappa shape index (κ1) is 11.3. The van der Waals surface area contributed by atoms with Gasteiger partial charge in [-0.15, -0.1) is 0 Å². The normalized spacial score (nSPS) is 14.1. The molecule has 0 heterocycles. The van der Waals surface area contributed by atoms with Gasteiger partial charge in [-0.05, 0) is 30.2 Å². The summed E-state index contributed by atoms with van der Waals surface area (Å²) in [5, 5.41) is 9.15. The first-order valence-corrected chi connectivity index (χ1v) is 4.21. The second kappa shape index (κ2) is 3.79. The summed E-state index contributed by atoms with van der Waals surface area (Å²) in [5.74, 6) is 0. The van der Waals surface area contributed by atoms with Crippen molar-refractivity contribution in [1.29, 1.82) is 0 Å². The molecule has 1 N–H and O–H groups in total. The minimum absolute atomic E-state index is 0.175. The average Bonchev–Trinajstić information content (AvgIpc) is 2.06. The standard InChI is InChI=1S/C9H8ClF3O/c1-5-2-3-6(10)4-7(5)8(14)9(11,12)13/h2-4,8,14H,1H3. The van der Waals surface area contributed by atoms with Gasteiger partial charge < -0.3 is 5.11 Å². The smallest absolute Gasteiger partial charge is 0.379 e. The monoisotopic (exact) mass is 224 g/mol. The lowest BCUT2D eigenvalue weighted by Gasteiger charge is -2.16. The Labute approximate surface area is 84.1 Å². The molecule has 0 aromatic heterocycles. The summed E-state index contributed by atoms with van der Waals surface area (Å²) >= 11 is 5.53. The van der Waals surface area contributed by atoms with Crippen molar-refractivity contribution in [1.82, 2.24) is 0 Å². The first-order chi connectivity index (χ1) is 6.32. The van der Waals surface area contributed by atoms with E-state index < -0.39 is 12.3 Å². The van der Waals surface area contributed by atoms with Gasteiger partial charge in [0.15, 0.2) is 6.10 Å². The Morgan fingerprint density at radius 2 is 1.93 bits per heavy atom. The zero-order valence-electron chi connectivity index (χ0n) is 7.27. The van der Waals surface area contributed by atoms with Crippen LogP contribution in [-0.2, 0) is 0 Å². The van der Waals surface area contributed by atoms with Crippen LogP contribution in [0.15, 0.2) is 18.2 Å². The van der Waals surface area contributed by atoms with Gasteiger partial charge in [-0.25, -0.2) is 0 Å². The lowest BCUT2D eigenvalue weighted by Crippen LogP contribution is -2.20. The van der Waals surface area contributed by atoms with E-state index in [0.29, 0.717) is 5.56 Å². The van der Waals surface area contributed by atoms with Gasteiger partial charge in [0.1, 0.15) is 0 Å². The molecule has 5 heteroatoms. The van der Waals surface area contributed by atoms with Crippen molar-refractivity contribution in [3.05, 3.63) is 34.3 Å². The van der Waals surface area contributed by atoms with Crippen LogP contribution in [-0.4, -0.2) is 11.3 Å². The molecule has 0 amide bonds. The number of aliphatic hydroxyl groups is 1. The van der Waals surface area contributed by atoms with E-state index in [0.717, 1.165) is 6.07 Å². The van der Waals surface area contributed by atoms with E-state index in [1.165, 1.54) is 19.1 Å². The quantitative estimate of drug-likeness (QED) is 0.777. The lowest BCUT2D eigenvalue weighted by atomic mass is 10.0. The summed E-state index contributed by atoms with van der Waals surface area (Å²) in [4.78, 5) is 0. The van der Waals surface area contributed by atoms with E-state index in [4.69, 9.17) is 16.7 Å². The Morgan fingerprint density at radius 1 is 1.36 bits per heavy atom. The molecule has 0 saturated heterocycles. The van der Waals surface area contributed by atoms with Gasteiger partial charge in [-0.2, -0.15) is 13.2 Å². The molecule has 14 heavy (non-hydrogen) atoms. The zero-order valence-corrected chi connectivity index (χ0v) is 8.02. The third kappa shape index (κ3) is 2.39. The van der Waals surface area contributed by atoms with Gasteiger partial charge >= 0.3 is 6.18 Å². The van der Waals surface area contributed by atoms with Gasteiger partial charge in [0.2, 0.25) is 0 Å². The highest BCUT2D eigenvalue weighted by atomic mass is 35.5. The van der Waals surface area contributed by atoms with E-state index in [2.05, 4.69) is 0 Å². The Bertz CT molecular complexity index is 335. The molecule has 0 aliphatic carbocycles. The molecule has 0 radical (unpaired) electrons. The van der Waals surface area contributed by atoms with Crippen molar-refractivity contribution in [2.45, 2.75) is 19.2 Å². The summed E-state index contributed by atoms with van der Waals surface area (Å²) in [6, 6.07) is 4.03. The second-order valence-corrected chi connectivity index (χ2v) is 3.38. The molecule has 1 nitrogen and oxygen atoms in total. The van der Waals surface area contributed by atoms with Crippen molar-refractivity contribution in [3.63, 3.8) is 0 Å². The van der Waals surface area contributed by atoms with E-state index in [-0.39, 0.29) is 10.6 Å². The maximum absolute atomic E-state index is 12.2. The minimum Gasteiger partial charge on any atom is -0.379 e. The van der Waals surface area contributed by atoms with Crippen LogP contribution in [0, 0.1) is 6.92 Å². The van der Waals surface area contributed by atoms with Crippen LogP contribution < -0.4 is 0 Å². The highest BCUT2D eigenvalue weighted by Crippen LogP contribution is 2.34. The average molecular weight is 225 g/mol. The molecular weight excluding hydrogens is 217 g/mol. The maximum atomic E-state index is 12.2. The molecule has 0 spiro atoms. The Kier molecular flexibility index (Phi) is 3.07. The fraction of sp³-hybridized carbons (Fsp3) is 0.333. The first-order valence-electron chi connectivity index (χ1n) is 3.83. The number of halogens is 4. The molecule has 0 aliphatic heterocycles. The second-order valence-electron chi connectivity index (χ2n) is 2.95. The van der Waals surface area contributed by atoms with Crippen molar-refractivity contribution < 1.29 is 18.3 Å². The molecule has 0 saturated carbocycles. The van der Waals surface area contributed by atoms with Crippen LogP contribution in [0.3, 0.4) is 0 Å². The fourth-order valence-electron chi connectivity index (χ4n) is 1.08. The van der Waals surface area contributed by atoms with Crippen LogP contribution in [0.2, 0.25) is 5.02 Å². The minimum atomic E-state index is -4.66. The van der Waals surface area contributed by atoms with Gasteiger partial charge in [-0.1, -0.05) is 17.7 Å². The van der Waals surface area contributed by atoms with Gasteiger partial charge in [0, 0.05) is 5.02 Å². The van der Waals surface area contributed by atoms with Crippen LogP contribution in [0.4, 0.5) is 13.2 Å². The summed E-state index contributed by atoms with van der Waals surface area (Å²) < 4.78 is 36.5. The maximum Gasteiger partial charge on any atom is 0.418 e. The molecular formula is C9H8ClF3O. The van der Waals surface area contributed by atoms with E-state index >= 15 is 0 Å². The summed E-state index contributed by atoms with van der Waals surface area (Å²) in [6.07, 6.45) is -7.13. The largest absolute Gasteiger partial charge is 0.418 e. The number of hydrogen-bond acceptors (Lipinski definition) is 1. The molecule has 1 unspecified atom stereocenters. The van der Waals surface area contributed by atoms with Crippen LogP contribution in [0.5, 0.6) is 0 Å². The van der Waals surface area contributed by atoms with Crippen molar-refractivity contribution >= 4 is 11.6 Å². The van der Waals surface area contributed by atoms with E-state index in [9.17, 15) is 13.2 Å². The van der Waals surface area contributed by atoms with Crippen molar-refractivity contribution in [2.24, 2.45) is 0 Å². The van der Waals surface area contributed by atoms with Gasteiger partial charge in [0.05, 0.1) is 0 Å². The van der Waals surface area contributed by atoms with Crippen LogP contribution in [0.1, 0.15) is 17.2 Å². The SMILES string of the molecule is Cc1ccc(Cl)cc1C(O)C(F)(F)F. The zero-order chi connectivity index (χ0) is 10.9. The molecule has 1 atom stereocenters. The summed E-state index contributed by atoms with van der Waals surface area (Å²) in [7, 11) is 0. The summed E-state index contributed by atoms with van der Waals surface area (Å²) in [5.41, 5.74) is 0.157. The summed E-state index contributed by atoms with van der Waals surface area (Å²) in [6.45, 7) is 1.49. The topological polar surface area (TPSA) is 20.2 Å². The van der Waals surface area contributed by atoms with Crippen LogP contribution in [0.25, 0.3) is 0 Å². The Balaban J connectivity index is 3.12. The number of rotatable bonds is 1.